The third kappa shape index (κ3) is 3.99. The number of aryl methyl sites for hydroxylation is 1. The van der Waals surface area contributed by atoms with Crippen molar-refractivity contribution in [2.45, 2.75) is 45.4 Å². The van der Waals surface area contributed by atoms with Gasteiger partial charge in [-0.05, 0) is 104 Å². The summed E-state index contributed by atoms with van der Waals surface area (Å²) in [7, 11) is 0. The molecule has 2 aliphatic rings. The van der Waals surface area contributed by atoms with Gasteiger partial charge < -0.3 is 4.42 Å². The first kappa shape index (κ1) is 28.3. The molecule has 6 aromatic rings. The molecule has 46 heavy (non-hydrogen) atoms. The first-order valence-electron chi connectivity index (χ1n) is 16.0. The van der Waals surface area contributed by atoms with Gasteiger partial charge in [-0.1, -0.05) is 119 Å². The Morgan fingerprint density at radius 3 is 1.85 bits per heavy atom. The standard InChI is InChI=1S/C44H36O2/c1-7-27(29-16-19-33-31-12-8-10-14-37(31)43(3,4)39(33)24-29)22-35-26(2)46-41-21-18-28(23-36(41)42(35)45)30-17-20-34-32-13-9-11-15-38(32)44(5,6)40(34)25-30/h7-25H,1H2,2-6H3/b27-22+. The summed E-state index contributed by atoms with van der Waals surface area (Å²) in [6, 6.07) is 36.5. The molecule has 0 bridgehead atoms. The van der Waals surface area contributed by atoms with E-state index < -0.39 is 0 Å². The van der Waals surface area contributed by atoms with E-state index in [0.29, 0.717) is 22.3 Å². The maximum absolute atomic E-state index is 14.2. The smallest absolute Gasteiger partial charge is 0.200 e. The molecule has 0 unspecified atom stereocenters. The number of benzene rings is 5. The van der Waals surface area contributed by atoms with Crippen LogP contribution in [0.2, 0.25) is 0 Å². The Morgan fingerprint density at radius 1 is 0.652 bits per heavy atom. The summed E-state index contributed by atoms with van der Waals surface area (Å²) in [5.41, 5.74) is 15.3. The van der Waals surface area contributed by atoms with Crippen LogP contribution in [0.15, 0.2) is 125 Å². The van der Waals surface area contributed by atoms with Gasteiger partial charge in [0.05, 0.1) is 10.9 Å². The van der Waals surface area contributed by atoms with Crippen molar-refractivity contribution in [2.24, 2.45) is 0 Å². The molecule has 0 radical (unpaired) electrons. The highest BCUT2D eigenvalue weighted by atomic mass is 16.3. The molecule has 0 aliphatic heterocycles. The van der Waals surface area contributed by atoms with Gasteiger partial charge in [0, 0.05) is 10.8 Å². The summed E-state index contributed by atoms with van der Waals surface area (Å²) < 4.78 is 6.27. The number of allylic oxidation sites excluding steroid dienone is 2. The van der Waals surface area contributed by atoms with E-state index in [1.807, 2.05) is 31.2 Å². The Hall–Kier alpha value is -5.21. The first-order chi connectivity index (χ1) is 22.1. The fourth-order valence-corrected chi connectivity index (χ4v) is 7.85. The van der Waals surface area contributed by atoms with Gasteiger partial charge in [-0.15, -0.1) is 0 Å². The fourth-order valence-electron chi connectivity index (χ4n) is 7.85. The second-order valence-corrected chi connectivity index (χ2v) is 13.8. The summed E-state index contributed by atoms with van der Waals surface area (Å²) >= 11 is 0. The second kappa shape index (κ2) is 9.89. The molecule has 0 saturated carbocycles. The van der Waals surface area contributed by atoms with E-state index in [0.717, 1.165) is 22.3 Å². The number of hydrogen-bond acceptors (Lipinski definition) is 2. The fraction of sp³-hybridized carbons (Fsp3) is 0.159. The van der Waals surface area contributed by atoms with Crippen LogP contribution in [0.25, 0.3) is 56.0 Å². The van der Waals surface area contributed by atoms with Crippen molar-refractivity contribution in [2.75, 3.05) is 0 Å². The third-order valence-electron chi connectivity index (χ3n) is 10.5. The van der Waals surface area contributed by atoms with Crippen molar-refractivity contribution in [3.05, 3.63) is 165 Å². The van der Waals surface area contributed by atoms with Crippen LogP contribution in [-0.2, 0) is 10.8 Å². The van der Waals surface area contributed by atoms with E-state index >= 15 is 0 Å². The Balaban J connectivity index is 1.21. The highest BCUT2D eigenvalue weighted by Crippen LogP contribution is 2.50. The number of fused-ring (bicyclic) bond motifs is 7. The van der Waals surface area contributed by atoms with Gasteiger partial charge in [-0.25, -0.2) is 0 Å². The van der Waals surface area contributed by atoms with Gasteiger partial charge in [-0.3, -0.25) is 4.79 Å². The molecule has 0 atom stereocenters. The zero-order valence-corrected chi connectivity index (χ0v) is 27.0. The van der Waals surface area contributed by atoms with E-state index in [2.05, 4.69) is 125 Å². The van der Waals surface area contributed by atoms with Crippen molar-refractivity contribution in [3.63, 3.8) is 0 Å². The Kier molecular flexibility index (Phi) is 6.08. The Labute approximate surface area is 270 Å². The molecule has 2 aliphatic carbocycles. The summed E-state index contributed by atoms with van der Waals surface area (Å²) in [6.07, 6.45) is 3.77. The van der Waals surface area contributed by atoms with Crippen LogP contribution >= 0.6 is 0 Å². The van der Waals surface area contributed by atoms with E-state index in [4.69, 9.17) is 4.42 Å². The van der Waals surface area contributed by atoms with E-state index in [9.17, 15) is 4.79 Å². The van der Waals surface area contributed by atoms with Crippen molar-refractivity contribution >= 4 is 22.6 Å². The Morgan fingerprint density at radius 2 is 1.20 bits per heavy atom. The van der Waals surface area contributed by atoms with Crippen molar-refractivity contribution < 1.29 is 4.42 Å². The molecule has 224 valence electrons. The zero-order valence-electron chi connectivity index (χ0n) is 27.0. The van der Waals surface area contributed by atoms with Gasteiger partial charge in [0.1, 0.15) is 11.3 Å². The van der Waals surface area contributed by atoms with Crippen LogP contribution in [0.5, 0.6) is 0 Å². The van der Waals surface area contributed by atoms with Crippen LogP contribution in [-0.4, -0.2) is 0 Å². The second-order valence-electron chi connectivity index (χ2n) is 13.8. The quantitative estimate of drug-likeness (QED) is 0.190. The predicted molar refractivity (Wildman–Crippen MR) is 192 cm³/mol. The van der Waals surface area contributed by atoms with Gasteiger partial charge in [-0.2, -0.15) is 0 Å². The third-order valence-corrected chi connectivity index (χ3v) is 10.5. The lowest BCUT2D eigenvalue weighted by atomic mass is 9.81. The van der Waals surface area contributed by atoms with Crippen LogP contribution in [0.4, 0.5) is 0 Å². The lowest BCUT2D eigenvalue weighted by Crippen LogP contribution is -2.15. The number of rotatable bonds is 4. The Bertz CT molecular complexity index is 2360. The molecule has 5 aromatic carbocycles. The van der Waals surface area contributed by atoms with Crippen molar-refractivity contribution in [1.82, 2.24) is 0 Å². The summed E-state index contributed by atoms with van der Waals surface area (Å²) in [5.74, 6) is 0.593. The van der Waals surface area contributed by atoms with Gasteiger partial charge >= 0.3 is 0 Å². The molecule has 0 amide bonds. The molecule has 1 heterocycles. The normalized spacial score (nSPS) is 15.3. The first-order valence-corrected chi connectivity index (χ1v) is 16.0. The molecule has 0 saturated heterocycles. The summed E-state index contributed by atoms with van der Waals surface area (Å²) in [4.78, 5) is 14.2. The van der Waals surface area contributed by atoms with Crippen LogP contribution in [0, 0.1) is 6.92 Å². The van der Waals surface area contributed by atoms with E-state index in [1.165, 1.54) is 44.5 Å². The molecular formula is C44H36O2. The zero-order chi connectivity index (χ0) is 32.0. The van der Waals surface area contributed by atoms with Crippen LogP contribution in [0.1, 0.15) is 66.8 Å². The highest BCUT2D eigenvalue weighted by Gasteiger charge is 2.36. The summed E-state index contributed by atoms with van der Waals surface area (Å²) in [5, 5.41) is 0.575. The van der Waals surface area contributed by atoms with Gasteiger partial charge in [0.25, 0.3) is 0 Å². The largest absolute Gasteiger partial charge is 0.460 e. The molecule has 0 spiro atoms. The molecule has 2 heteroatoms. The molecular weight excluding hydrogens is 560 g/mol. The minimum atomic E-state index is -0.113. The highest BCUT2D eigenvalue weighted by molar-refractivity contribution is 5.93. The number of hydrogen-bond donors (Lipinski definition) is 0. The van der Waals surface area contributed by atoms with Crippen molar-refractivity contribution in [3.8, 4) is 33.4 Å². The lowest BCUT2D eigenvalue weighted by molar-refractivity contribution is 0.563. The molecule has 1 aromatic heterocycles. The van der Waals surface area contributed by atoms with Crippen LogP contribution < -0.4 is 5.43 Å². The van der Waals surface area contributed by atoms with Gasteiger partial charge in [0.15, 0.2) is 5.43 Å². The minimum Gasteiger partial charge on any atom is -0.460 e. The predicted octanol–water partition coefficient (Wildman–Crippen LogP) is 11.1. The minimum absolute atomic E-state index is 0.0391. The average Bonchev–Trinajstić information content (AvgIpc) is 3.44. The maximum Gasteiger partial charge on any atom is 0.200 e. The average molecular weight is 597 g/mol. The molecule has 8 rings (SSSR count). The maximum atomic E-state index is 14.2. The lowest BCUT2D eigenvalue weighted by Gasteiger charge is -2.22. The van der Waals surface area contributed by atoms with Crippen LogP contribution in [0.3, 0.4) is 0 Å². The topological polar surface area (TPSA) is 30.2 Å². The summed E-state index contributed by atoms with van der Waals surface area (Å²) in [6.45, 7) is 15.1. The van der Waals surface area contributed by atoms with E-state index in [-0.39, 0.29) is 16.3 Å². The molecule has 2 nitrogen and oxygen atoms in total. The SMILES string of the molecule is C=C/C(=C\c1c(C)oc2ccc(-c3ccc4c(c3)C(C)(C)c3ccccc3-4)cc2c1=O)c1ccc2c(c1)C(C)(C)c1ccccc1-2. The van der Waals surface area contributed by atoms with Gasteiger partial charge in [0.2, 0.25) is 0 Å². The monoisotopic (exact) mass is 596 g/mol. The molecule has 0 fully saturated rings. The van der Waals surface area contributed by atoms with E-state index in [1.54, 1.807) is 0 Å². The molecule has 0 N–H and O–H groups in total. The van der Waals surface area contributed by atoms with Crippen molar-refractivity contribution in [1.29, 1.82) is 0 Å².